The van der Waals surface area contributed by atoms with E-state index in [9.17, 15) is 4.79 Å². The standard InChI is InChI=1S/C15H24N2O3/c1-11-5-6-12(13(9-11)20-8-7-19-4)17-14(18)10-15(2,3)16/h5-6,9H,7-8,10,16H2,1-4H3,(H,17,18). The fourth-order valence-corrected chi connectivity index (χ4v) is 1.70. The van der Waals surface area contributed by atoms with Gasteiger partial charge in [0.1, 0.15) is 12.4 Å². The third-order valence-corrected chi connectivity index (χ3v) is 2.57. The first-order valence-electron chi connectivity index (χ1n) is 6.63. The molecule has 0 saturated heterocycles. The molecular weight excluding hydrogens is 256 g/mol. The van der Waals surface area contributed by atoms with E-state index in [4.69, 9.17) is 15.2 Å². The number of ether oxygens (including phenoxy) is 2. The van der Waals surface area contributed by atoms with E-state index in [1.165, 1.54) is 0 Å². The minimum Gasteiger partial charge on any atom is -0.489 e. The molecule has 1 amide bonds. The van der Waals surface area contributed by atoms with Gasteiger partial charge in [-0.25, -0.2) is 0 Å². The molecule has 0 atom stereocenters. The Hall–Kier alpha value is -1.59. The average molecular weight is 280 g/mol. The van der Waals surface area contributed by atoms with E-state index < -0.39 is 5.54 Å². The number of hydrogen-bond donors (Lipinski definition) is 2. The topological polar surface area (TPSA) is 73.6 Å². The van der Waals surface area contributed by atoms with Crippen LogP contribution >= 0.6 is 0 Å². The van der Waals surface area contributed by atoms with Gasteiger partial charge in [-0.3, -0.25) is 4.79 Å². The lowest BCUT2D eigenvalue weighted by atomic mass is 10.0. The molecule has 1 rings (SSSR count). The van der Waals surface area contributed by atoms with E-state index >= 15 is 0 Å². The van der Waals surface area contributed by atoms with Crippen LogP contribution < -0.4 is 15.8 Å². The number of hydrogen-bond acceptors (Lipinski definition) is 4. The number of nitrogens with two attached hydrogens (primary N) is 1. The van der Waals surface area contributed by atoms with Gasteiger partial charge in [-0.2, -0.15) is 0 Å². The summed E-state index contributed by atoms with van der Waals surface area (Å²) in [6.45, 7) is 6.54. The quantitative estimate of drug-likeness (QED) is 0.750. The van der Waals surface area contributed by atoms with Gasteiger partial charge in [-0.1, -0.05) is 6.07 Å². The van der Waals surface area contributed by atoms with Gasteiger partial charge < -0.3 is 20.5 Å². The van der Waals surface area contributed by atoms with Gasteiger partial charge in [-0.05, 0) is 38.5 Å². The zero-order valence-electron chi connectivity index (χ0n) is 12.7. The molecule has 5 nitrogen and oxygen atoms in total. The molecule has 112 valence electrons. The predicted octanol–water partition coefficient (Wildman–Crippen LogP) is 2.09. The van der Waals surface area contributed by atoms with Crippen molar-refractivity contribution in [1.82, 2.24) is 0 Å². The Bertz CT molecular complexity index is 453. The summed E-state index contributed by atoms with van der Waals surface area (Å²) in [5.41, 5.74) is 7.02. The second kappa shape index (κ2) is 7.26. The van der Waals surface area contributed by atoms with Crippen LogP contribution in [0.1, 0.15) is 25.8 Å². The minimum absolute atomic E-state index is 0.127. The molecule has 1 aromatic carbocycles. The highest BCUT2D eigenvalue weighted by Gasteiger charge is 2.17. The first-order chi connectivity index (χ1) is 9.31. The maximum atomic E-state index is 11.9. The molecule has 0 aliphatic carbocycles. The average Bonchev–Trinajstić information content (AvgIpc) is 2.30. The fraction of sp³-hybridized carbons (Fsp3) is 0.533. The molecule has 20 heavy (non-hydrogen) atoms. The zero-order valence-corrected chi connectivity index (χ0v) is 12.7. The molecule has 0 fully saturated rings. The highest BCUT2D eigenvalue weighted by Crippen LogP contribution is 2.26. The maximum Gasteiger partial charge on any atom is 0.226 e. The van der Waals surface area contributed by atoms with Crippen molar-refractivity contribution in [2.24, 2.45) is 5.73 Å². The third-order valence-electron chi connectivity index (χ3n) is 2.57. The first kappa shape index (κ1) is 16.5. The Morgan fingerprint density at radius 1 is 1.35 bits per heavy atom. The number of carbonyl (C=O) groups excluding carboxylic acids is 1. The Labute approximate surface area is 120 Å². The van der Waals surface area contributed by atoms with Crippen LogP contribution in [0.4, 0.5) is 5.69 Å². The van der Waals surface area contributed by atoms with Crippen molar-refractivity contribution in [2.75, 3.05) is 25.6 Å². The Morgan fingerprint density at radius 2 is 2.05 bits per heavy atom. The molecule has 0 spiro atoms. The minimum atomic E-state index is -0.536. The van der Waals surface area contributed by atoms with E-state index in [-0.39, 0.29) is 12.3 Å². The molecule has 1 aromatic rings. The number of amides is 1. The third kappa shape index (κ3) is 6.04. The van der Waals surface area contributed by atoms with Crippen molar-refractivity contribution >= 4 is 11.6 Å². The van der Waals surface area contributed by atoms with Crippen molar-refractivity contribution < 1.29 is 14.3 Å². The van der Waals surface area contributed by atoms with E-state index in [0.29, 0.717) is 24.7 Å². The highest BCUT2D eigenvalue weighted by molar-refractivity contribution is 5.93. The Morgan fingerprint density at radius 3 is 2.65 bits per heavy atom. The van der Waals surface area contributed by atoms with Crippen LogP contribution in [0.15, 0.2) is 18.2 Å². The van der Waals surface area contributed by atoms with Gasteiger partial charge in [-0.15, -0.1) is 0 Å². The lowest BCUT2D eigenvalue weighted by Crippen LogP contribution is -2.36. The summed E-state index contributed by atoms with van der Waals surface area (Å²) in [6.07, 6.45) is 0.248. The monoisotopic (exact) mass is 280 g/mol. The molecule has 0 unspecified atom stereocenters. The van der Waals surface area contributed by atoms with Crippen LogP contribution in [0.5, 0.6) is 5.75 Å². The van der Waals surface area contributed by atoms with Gasteiger partial charge in [0.05, 0.1) is 12.3 Å². The Kier molecular flexibility index (Phi) is 5.98. The van der Waals surface area contributed by atoms with Gasteiger partial charge in [0.15, 0.2) is 0 Å². The second-order valence-electron chi connectivity index (χ2n) is 5.55. The number of benzene rings is 1. The van der Waals surface area contributed by atoms with Crippen LogP contribution in [0, 0.1) is 6.92 Å². The van der Waals surface area contributed by atoms with E-state index in [0.717, 1.165) is 5.56 Å². The molecule has 0 heterocycles. The zero-order chi connectivity index (χ0) is 15.2. The summed E-state index contributed by atoms with van der Waals surface area (Å²) >= 11 is 0. The van der Waals surface area contributed by atoms with Gasteiger partial charge in [0, 0.05) is 19.1 Å². The summed E-state index contributed by atoms with van der Waals surface area (Å²) in [5, 5.41) is 2.84. The number of aryl methyl sites for hydroxylation is 1. The SMILES string of the molecule is COCCOc1cc(C)ccc1NC(=O)CC(C)(C)N. The molecule has 3 N–H and O–H groups in total. The molecule has 5 heteroatoms. The van der Waals surface area contributed by atoms with Gasteiger partial charge in [0.25, 0.3) is 0 Å². The van der Waals surface area contributed by atoms with Crippen molar-refractivity contribution in [3.63, 3.8) is 0 Å². The summed E-state index contributed by atoms with van der Waals surface area (Å²) < 4.78 is 10.6. The van der Waals surface area contributed by atoms with Crippen LogP contribution in [0.25, 0.3) is 0 Å². The van der Waals surface area contributed by atoms with E-state index in [1.807, 2.05) is 39.0 Å². The lowest BCUT2D eigenvalue weighted by molar-refractivity contribution is -0.117. The van der Waals surface area contributed by atoms with Crippen LogP contribution in [-0.2, 0) is 9.53 Å². The summed E-state index contributed by atoms with van der Waals surface area (Å²) in [7, 11) is 1.62. The number of nitrogens with one attached hydrogen (secondary N) is 1. The lowest BCUT2D eigenvalue weighted by Gasteiger charge is -2.19. The number of rotatable bonds is 7. The Balaban J connectivity index is 2.75. The molecular formula is C15H24N2O3. The first-order valence-corrected chi connectivity index (χ1v) is 6.63. The van der Waals surface area contributed by atoms with E-state index in [2.05, 4.69) is 5.32 Å². The molecule has 0 aliphatic heterocycles. The summed E-state index contributed by atoms with van der Waals surface area (Å²) in [6, 6.07) is 5.64. The fourth-order valence-electron chi connectivity index (χ4n) is 1.70. The summed E-state index contributed by atoms with van der Waals surface area (Å²) in [4.78, 5) is 11.9. The van der Waals surface area contributed by atoms with E-state index in [1.54, 1.807) is 7.11 Å². The number of methoxy groups -OCH3 is 1. The molecule has 0 bridgehead atoms. The molecule has 0 aromatic heterocycles. The van der Waals surface area contributed by atoms with Gasteiger partial charge >= 0.3 is 0 Å². The van der Waals surface area contributed by atoms with Crippen molar-refractivity contribution in [2.45, 2.75) is 32.7 Å². The molecule has 0 saturated carbocycles. The van der Waals surface area contributed by atoms with Crippen LogP contribution in [0.2, 0.25) is 0 Å². The summed E-state index contributed by atoms with van der Waals surface area (Å²) in [5.74, 6) is 0.517. The van der Waals surface area contributed by atoms with Crippen molar-refractivity contribution in [3.8, 4) is 5.75 Å². The highest BCUT2D eigenvalue weighted by atomic mass is 16.5. The second-order valence-corrected chi connectivity index (χ2v) is 5.55. The number of anilines is 1. The predicted molar refractivity (Wildman–Crippen MR) is 80.1 cm³/mol. The maximum absolute atomic E-state index is 11.9. The normalized spacial score (nSPS) is 11.2. The molecule has 0 radical (unpaired) electrons. The molecule has 0 aliphatic rings. The van der Waals surface area contributed by atoms with Crippen LogP contribution in [0.3, 0.4) is 0 Å². The largest absolute Gasteiger partial charge is 0.489 e. The number of carbonyl (C=O) groups is 1. The van der Waals surface area contributed by atoms with Crippen molar-refractivity contribution in [3.05, 3.63) is 23.8 Å². The smallest absolute Gasteiger partial charge is 0.226 e. The van der Waals surface area contributed by atoms with Gasteiger partial charge in [0.2, 0.25) is 5.91 Å². The van der Waals surface area contributed by atoms with Crippen molar-refractivity contribution in [1.29, 1.82) is 0 Å². The van der Waals surface area contributed by atoms with Crippen LogP contribution in [-0.4, -0.2) is 31.8 Å².